The first-order valence-corrected chi connectivity index (χ1v) is 16.6. The highest BCUT2D eigenvalue weighted by Gasteiger charge is 2.47. The van der Waals surface area contributed by atoms with Crippen molar-refractivity contribution < 1.29 is 14.4 Å². The number of carbonyl (C=O) groups is 3. The summed E-state index contributed by atoms with van der Waals surface area (Å²) in [5.41, 5.74) is 8.65. The standard InChI is InChI=1S/C34H40N6O3S.C2H6/c35-20-29(41)38-31-26(22-37-34(44)36-21-23-10-4-1-5-11-23)16-17-27-18-19-28(40(27)33(31)43)32(42)39-30(24-12-6-2-7-13-24)25-14-8-3-9-15-25;1-2/h1-15,26-28,30-31H,16-22,35H2,(H,38,41)(H,39,42)(H2,36,37,44);1-2H3. The van der Waals surface area contributed by atoms with Crippen LogP contribution in [0.2, 0.25) is 0 Å². The van der Waals surface area contributed by atoms with Gasteiger partial charge in [-0.3, -0.25) is 14.4 Å². The van der Waals surface area contributed by atoms with E-state index in [2.05, 4.69) is 21.3 Å². The lowest BCUT2D eigenvalue weighted by Gasteiger charge is -2.33. The van der Waals surface area contributed by atoms with Crippen LogP contribution < -0.4 is 27.0 Å². The van der Waals surface area contributed by atoms with Gasteiger partial charge in [-0.1, -0.05) is 105 Å². The summed E-state index contributed by atoms with van der Waals surface area (Å²) in [4.78, 5) is 42.4. The molecule has 5 rings (SSSR count). The first-order valence-electron chi connectivity index (χ1n) is 16.2. The van der Waals surface area contributed by atoms with Crippen LogP contribution in [0.25, 0.3) is 0 Å². The molecule has 3 aromatic rings. The smallest absolute Gasteiger partial charge is 0.246 e. The molecule has 2 aliphatic heterocycles. The SMILES string of the molecule is CC.NCC(=O)NC1C(=O)N2C(CCC1CNC(=S)NCc1ccccc1)CCC2C(=O)NC(c1ccccc1)c1ccccc1. The van der Waals surface area contributed by atoms with Crippen molar-refractivity contribution in [2.24, 2.45) is 11.7 Å². The summed E-state index contributed by atoms with van der Waals surface area (Å²) in [5, 5.41) is 13.0. The van der Waals surface area contributed by atoms with Crippen LogP contribution in [0.1, 0.15) is 62.3 Å². The minimum Gasteiger partial charge on any atom is -0.362 e. The largest absolute Gasteiger partial charge is 0.362 e. The van der Waals surface area contributed by atoms with Gasteiger partial charge in [0.1, 0.15) is 12.1 Å². The van der Waals surface area contributed by atoms with Gasteiger partial charge in [-0.2, -0.15) is 0 Å². The van der Waals surface area contributed by atoms with Gasteiger partial charge in [-0.05, 0) is 54.6 Å². The number of carbonyl (C=O) groups excluding carboxylic acids is 3. The van der Waals surface area contributed by atoms with E-state index in [0.717, 1.165) is 29.5 Å². The molecule has 244 valence electrons. The molecule has 10 heteroatoms. The molecule has 3 aromatic carbocycles. The third-order valence-corrected chi connectivity index (χ3v) is 8.83. The Morgan fingerprint density at radius 3 is 2.00 bits per heavy atom. The Hall–Kier alpha value is -4.28. The van der Waals surface area contributed by atoms with Crippen LogP contribution in [-0.4, -0.2) is 58.9 Å². The average Bonchev–Trinajstić information content (AvgIpc) is 3.49. The molecular formula is C36H46N6O3S. The number of nitrogens with two attached hydrogens (primary N) is 1. The molecule has 46 heavy (non-hydrogen) atoms. The number of nitrogens with zero attached hydrogens (tertiary/aromatic N) is 1. The van der Waals surface area contributed by atoms with Crippen LogP contribution in [0.4, 0.5) is 0 Å². The molecule has 2 saturated heterocycles. The van der Waals surface area contributed by atoms with Crippen molar-refractivity contribution in [3.05, 3.63) is 108 Å². The monoisotopic (exact) mass is 642 g/mol. The van der Waals surface area contributed by atoms with Crippen molar-refractivity contribution in [2.45, 2.75) is 70.2 Å². The molecule has 0 radical (unpaired) electrons. The van der Waals surface area contributed by atoms with Crippen molar-refractivity contribution >= 4 is 35.1 Å². The first kappa shape index (κ1) is 34.6. The van der Waals surface area contributed by atoms with E-state index in [1.807, 2.05) is 105 Å². The van der Waals surface area contributed by atoms with E-state index in [4.69, 9.17) is 18.0 Å². The summed E-state index contributed by atoms with van der Waals surface area (Å²) in [7, 11) is 0. The topological polar surface area (TPSA) is 129 Å². The number of nitrogens with one attached hydrogen (secondary N) is 4. The predicted octanol–water partition coefficient (Wildman–Crippen LogP) is 3.80. The predicted molar refractivity (Wildman–Crippen MR) is 185 cm³/mol. The van der Waals surface area contributed by atoms with E-state index < -0.39 is 18.0 Å². The fourth-order valence-corrected chi connectivity index (χ4v) is 6.43. The Bertz CT molecular complexity index is 1390. The number of thiocarbonyl (C=S) groups is 1. The summed E-state index contributed by atoms with van der Waals surface area (Å²) in [6.45, 7) is 4.73. The number of fused-ring (bicyclic) bond motifs is 1. The van der Waals surface area contributed by atoms with Crippen LogP contribution in [0.5, 0.6) is 0 Å². The molecular weight excluding hydrogens is 597 g/mol. The Labute approximate surface area is 277 Å². The molecule has 0 bridgehead atoms. The fraction of sp³-hybridized carbons (Fsp3) is 0.389. The van der Waals surface area contributed by atoms with Crippen molar-refractivity contribution in [1.82, 2.24) is 26.2 Å². The van der Waals surface area contributed by atoms with Crippen LogP contribution in [0, 0.1) is 5.92 Å². The quantitative estimate of drug-likeness (QED) is 0.213. The highest BCUT2D eigenvalue weighted by Crippen LogP contribution is 2.34. The van der Waals surface area contributed by atoms with Gasteiger partial charge in [0, 0.05) is 25.0 Å². The van der Waals surface area contributed by atoms with E-state index in [0.29, 0.717) is 31.0 Å². The maximum Gasteiger partial charge on any atom is 0.246 e. The van der Waals surface area contributed by atoms with Gasteiger partial charge in [0.25, 0.3) is 0 Å². The fourth-order valence-electron chi connectivity index (χ4n) is 6.28. The van der Waals surface area contributed by atoms with Gasteiger partial charge < -0.3 is 31.9 Å². The Balaban J connectivity index is 0.00000235. The zero-order valence-corrected chi connectivity index (χ0v) is 27.5. The molecule has 4 unspecified atom stereocenters. The van der Waals surface area contributed by atoms with Gasteiger partial charge in [0.15, 0.2) is 5.11 Å². The van der Waals surface area contributed by atoms with Crippen LogP contribution in [0.15, 0.2) is 91.0 Å². The Morgan fingerprint density at radius 1 is 0.848 bits per heavy atom. The lowest BCUT2D eigenvalue weighted by atomic mass is 9.93. The lowest BCUT2D eigenvalue weighted by molar-refractivity contribution is -0.143. The maximum atomic E-state index is 14.2. The van der Waals surface area contributed by atoms with E-state index >= 15 is 0 Å². The molecule has 4 atom stereocenters. The number of rotatable bonds is 10. The van der Waals surface area contributed by atoms with Crippen molar-refractivity contribution in [3.63, 3.8) is 0 Å². The van der Waals surface area contributed by atoms with E-state index in [-0.39, 0.29) is 36.4 Å². The van der Waals surface area contributed by atoms with Gasteiger partial charge in [0.2, 0.25) is 17.7 Å². The highest BCUT2D eigenvalue weighted by atomic mass is 32.1. The maximum absolute atomic E-state index is 14.2. The molecule has 6 N–H and O–H groups in total. The molecule has 2 fully saturated rings. The molecule has 0 aliphatic carbocycles. The Morgan fingerprint density at radius 2 is 1.41 bits per heavy atom. The van der Waals surface area contributed by atoms with Crippen molar-refractivity contribution in [1.29, 1.82) is 0 Å². The normalized spacial score (nSPS) is 20.4. The molecule has 2 heterocycles. The van der Waals surface area contributed by atoms with Gasteiger partial charge in [-0.25, -0.2) is 0 Å². The molecule has 0 spiro atoms. The molecule has 0 aromatic heterocycles. The molecule has 2 aliphatic rings. The number of benzene rings is 3. The minimum absolute atomic E-state index is 0.0874. The Kier molecular flexibility index (Phi) is 13.1. The first-order chi connectivity index (χ1) is 22.4. The second-order valence-corrected chi connectivity index (χ2v) is 11.8. The zero-order valence-electron chi connectivity index (χ0n) is 26.7. The number of hydrogen-bond acceptors (Lipinski definition) is 5. The number of amides is 3. The molecule has 9 nitrogen and oxygen atoms in total. The van der Waals surface area contributed by atoms with Crippen LogP contribution >= 0.6 is 12.2 Å². The van der Waals surface area contributed by atoms with Gasteiger partial charge in [-0.15, -0.1) is 0 Å². The van der Waals surface area contributed by atoms with E-state index in [1.165, 1.54) is 0 Å². The minimum atomic E-state index is -0.826. The second-order valence-electron chi connectivity index (χ2n) is 11.4. The van der Waals surface area contributed by atoms with Crippen molar-refractivity contribution in [3.8, 4) is 0 Å². The third-order valence-electron chi connectivity index (χ3n) is 8.54. The molecule has 0 saturated carbocycles. The highest BCUT2D eigenvalue weighted by molar-refractivity contribution is 7.80. The van der Waals surface area contributed by atoms with E-state index in [9.17, 15) is 14.4 Å². The zero-order chi connectivity index (χ0) is 32.9. The summed E-state index contributed by atoms with van der Waals surface area (Å²) < 4.78 is 0. The summed E-state index contributed by atoms with van der Waals surface area (Å²) in [6.07, 6.45) is 2.69. The second kappa shape index (κ2) is 17.4. The van der Waals surface area contributed by atoms with Gasteiger partial charge in [0.05, 0.1) is 12.6 Å². The number of hydrogen-bond donors (Lipinski definition) is 5. The average molecular weight is 643 g/mol. The third kappa shape index (κ3) is 8.92. The lowest BCUT2D eigenvalue weighted by Crippen LogP contribution is -2.58. The molecule has 3 amide bonds. The van der Waals surface area contributed by atoms with Gasteiger partial charge >= 0.3 is 0 Å². The summed E-state index contributed by atoms with van der Waals surface area (Å²) in [5.74, 6) is -1.10. The van der Waals surface area contributed by atoms with Crippen molar-refractivity contribution in [2.75, 3.05) is 13.1 Å². The van der Waals surface area contributed by atoms with Crippen LogP contribution in [0.3, 0.4) is 0 Å². The van der Waals surface area contributed by atoms with Crippen LogP contribution in [-0.2, 0) is 20.9 Å². The summed E-state index contributed by atoms with van der Waals surface area (Å²) >= 11 is 5.51. The summed E-state index contributed by atoms with van der Waals surface area (Å²) in [6, 6.07) is 27.6. The van der Waals surface area contributed by atoms with E-state index in [1.54, 1.807) is 4.90 Å².